The number of aliphatic imine (C=N–C) groups is 1. The highest BCUT2D eigenvalue weighted by Gasteiger charge is 2.22. The first-order valence-corrected chi connectivity index (χ1v) is 8.91. The topological polar surface area (TPSA) is 41.9 Å². The van der Waals surface area contributed by atoms with Crippen molar-refractivity contribution in [1.29, 1.82) is 0 Å². The second-order valence-corrected chi connectivity index (χ2v) is 6.30. The minimum atomic E-state index is -0.351. The highest BCUT2D eigenvalue weighted by atomic mass is 79.9. The number of hydrogen-bond donors (Lipinski definition) is 0. The Morgan fingerprint density at radius 3 is 2.59 bits per heavy atom. The highest BCUT2D eigenvalue weighted by molar-refractivity contribution is 8.93. The summed E-state index contributed by atoms with van der Waals surface area (Å²) in [6.45, 7) is 0.913. The summed E-state index contributed by atoms with van der Waals surface area (Å²) in [4.78, 5) is 19.5. The van der Waals surface area contributed by atoms with Crippen LogP contribution in [0, 0.1) is 5.82 Å². The van der Waals surface area contributed by atoms with E-state index in [9.17, 15) is 9.18 Å². The monoisotopic (exact) mass is 434 g/mol. The molecule has 0 bridgehead atoms. The normalized spacial score (nSPS) is 13.8. The largest absolute Gasteiger partial charge is 0.495 e. The summed E-state index contributed by atoms with van der Waals surface area (Å²) >= 11 is 0. The van der Waals surface area contributed by atoms with Crippen molar-refractivity contribution in [2.24, 2.45) is 4.99 Å². The number of anilines is 1. The van der Waals surface area contributed by atoms with Crippen LogP contribution in [0.25, 0.3) is 0 Å². The molecule has 0 radical (unpaired) electrons. The molecule has 0 amide bonds. The molecule has 1 heterocycles. The van der Waals surface area contributed by atoms with Gasteiger partial charge in [0.2, 0.25) is 0 Å². The minimum absolute atomic E-state index is 0. The SMILES string of the molecule is Br.COc1ccccc1N(CC(=O)c1ccc(F)cc1)C1=NCCCCC1. The second-order valence-electron chi connectivity index (χ2n) is 6.30. The number of ether oxygens (including phenoxy) is 1. The summed E-state index contributed by atoms with van der Waals surface area (Å²) in [5, 5.41) is 0. The molecule has 3 rings (SSSR count). The molecule has 4 nitrogen and oxygen atoms in total. The maximum absolute atomic E-state index is 13.2. The van der Waals surface area contributed by atoms with E-state index in [2.05, 4.69) is 0 Å². The lowest BCUT2D eigenvalue weighted by molar-refractivity contribution is 0.100. The summed E-state index contributed by atoms with van der Waals surface area (Å²) in [7, 11) is 1.62. The van der Waals surface area contributed by atoms with Crippen molar-refractivity contribution in [2.45, 2.75) is 25.7 Å². The van der Waals surface area contributed by atoms with Gasteiger partial charge in [-0.2, -0.15) is 0 Å². The summed E-state index contributed by atoms with van der Waals surface area (Å²) in [5.41, 5.74) is 1.31. The lowest BCUT2D eigenvalue weighted by Crippen LogP contribution is -2.36. The van der Waals surface area contributed by atoms with E-state index in [0.717, 1.165) is 43.8 Å². The van der Waals surface area contributed by atoms with Crippen LogP contribution in [0.15, 0.2) is 53.5 Å². The first-order valence-electron chi connectivity index (χ1n) is 8.91. The quantitative estimate of drug-likeness (QED) is 0.616. The Hall–Kier alpha value is -2.21. The molecular weight excluding hydrogens is 411 g/mol. The molecule has 0 fully saturated rings. The van der Waals surface area contributed by atoms with Gasteiger partial charge in [0, 0.05) is 18.5 Å². The summed E-state index contributed by atoms with van der Waals surface area (Å²) < 4.78 is 18.6. The van der Waals surface area contributed by atoms with E-state index >= 15 is 0 Å². The van der Waals surface area contributed by atoms with Crippen LogP contribution >= 0.6 is 17.0 Å². The molecule has 0 atom stereocenters. The smallest absolute Gasteiger partial charge is 0.182 e. The lowest BCUT2D eigenvalue weighted by atomic mass is 10.1. The van der Waals surface area contributed by atoms with Crippen LogP contribution in [0.2, 0.25) is 0 Å². The fourth-order valence-electron chi connectivity index (χ4n) is 3.12. The van der Waals surface area contributed by atoms with Gasteiger partial charge in [-0.1, -0.05) is 18.6 Å². The Labute approximate surface area is 169 Å². The third-order valence-electron chi connectivity index (χ3n) is 4.51. The number of nitrogens with zero attached hydrogens (tertiary/aromatic N) is 2. The van der Waals surface area contributed by atoms with Crippen LogP contribution in [0.5, 0.6) is 5.75 Å². The number of amidine groups is 1. The number of para-hydroxylation sites is 2. The zero-order chi connectivity index (χ0) is 18.4. The lowest BCUT2D eigenvalue weighted by Gasteiger charge is -2.27. The molecule has 0 spiro atoms. The van der Waals surface area contributed by atoms with Crippen molar-refractivity contribution >= 4 is 34.3 Å². The molecule has 2 aromatic rings. The van der Waals surface area contributed by atoms with Crippen LogP contribution in [0.1, 0.15) is 36.0 Å². The molecule has 6 heteroatoms. The molecule has 0 aromatic heterocycles. The average molecular weight is 435 g/mol. The van der Waals surface area contributed by atoms with Gasteiger partial charge >= 0.3 is 0 Å². The molecule has 27 heavy (non-hydrogen) atoms. The average Bonchev–Trinajstić information content (AvgIpc) is 2.96. The van der Waals surface area contributed by atoms with Gasteiger partial charge < -0.3 is 9.64 Å². The number of methoxy groups -OCH3 is 1. The molecule has 0 unspecified atom stereocenters. The van der Waals surface area contributed by atoms with Gasteiger partial charge in [0.25, 0.3) is 0 Å². The van der Waals surface area contributed by atoms with Crippen LogP contribution in [-0.2, 0) is 0 Å². The molecule has 0 saturated carbocycles. The molecule has 144 valence electrons. The van der Waals surface area contributed by atoms with E-state index in [1.54, 1.807) is 7.11 Å². The van der Waals surface area contributed by atoms with E-state index in [-0.39, 0.29) is 35.1 Å². The van der Waals surface area contributed by atoms with Gasteiger partial charge in [0.15, 0.2) is 5.78 Å². The minimum Gasteiger partial charge on any atom is -0.495 e. The summed E-state index contributed by atoms with van der Waals surface area (Å²) in [6, 6.07) is 13.3. The van der Waals surface area contributed by atoms with Crippen LogP contribution in [-0.4, -0.2) is 31.8 Å². The second kappa shape index (κ2) is 10.2. The maximum Gasteiger partial charge on any atom is 0.182 e. The Bertz CT molecular complexity index is 793. The predicted molar refractivity (Wildman–Crippen MR) is 112 cm³/mol. The van der Waals surface area contributed by atoms with Gasteiger partial charge in [-0.3, -0.25) is 9.79 Å². The van der Waals surface area contributed by atoms with Gasteiger partial charge in [0.1, 0.15) is 17.4 Å². The van der Waals surface area contributed by atoms with Gasteiger partial charge in [-0.15, -0.1) is 17.0 Å². The molecular formula is C21H24BrFN2O2. The van der Waals surface area contributed by atoms with E-state index in [1.165, 1.54) is 24.3 Å². The molecule has 1 aliphatic heterocycles. The zero-order valence-electron chi connectivity index (χ0n) is 15.4. The van der Waals surface area contributed by atoms with Crippen molar-refractivity contribution in [1.82, 2.24) is 0 Å². The molecule has 2 aromatic carbocycles. The van der Waals surface area contributed by atoms with Crippen molar-refractivity contribution in [3.8, 4) is 5.75 Å². The third-order valence-corrected chi connectivity index (χ3v) is 4.51. The van der Waals surface area contributed by atoms with E-state index < -0.39 is 0 Å². The molecule has 0 N–H and O–H groups in total. The molecule has 0 saturated heterocycles. The molecule has 1 aliphatic rings. The van der Waals surface area contributed by atoms with Crippen LogP contribution in [0.4, 0.5) is 10.1 Å². The fourth-order valence-corrected chi connectivity index (χ4v) is 3.12. The van der Waals surface area contributed by atoms with E-state index in [1.807, 2.05) is 29.2 Å². The summed E-state index contributed by atoms with van der Waals surface area (Å²) in [6.07, 6.45) is 4.08. The number of rotatable bonds is 5. The molecule has 0 aliphatic carbocycles. The Kier molecular flexibility index (Phi) is 7.98. The Morgan fingerprint density at radius 1 is 1.11 bits per heavy atom. The van der Waals surface area contributed by atoms with E-state index in [4.69, 9.17) is 9.73 Å². The van der Waals surface area contributed by atoms with Gasteiger partial charge in [0.05, 0.1) is 19.3 Å². The number of carbonyl (C=O) groups is 1. The van der Waals surface area contributed by atoms with Crippen molar-refractivity contribution in [3.05, 3.63) is 59.9 Å². The van der Waals surface area contributed by atoms with Crippen LogP contribution < -0.4 is 9.64 Å². The number of Topliss-reactive ketones (excluding diaryl/α,β-unsaturated/α-hetero) is 1. The van der Waals surface area contributed by atoms with Gasteiger partial charge in [-0.05, 0) is 49.2 Å². The standard InChI is InChI=1S/C21H23FN2O2.BrH/c1-26-20-8-5-4-7-18(20)24(21-9-3-2-6-14-23-21)15-19(25)16-10-12-17(22)13-11-16;/h4-5,7-8,10-13H,2-3,6,9,14-15H2,1H3;1H. The van der Waals surface area contributed by atoms with Crippen molar-refractivity contribution < 1.29 is 13.9 Å². The van der Waals surface area contributed by atoms with Crippen molar-refractivity contribution in [2.75, 3.05) is 25.1 Å². The van der Waals surface area contributed by atoms with Crippen LogP contribution in [0.3, 0.4) is 0 Å². The Morgan fingerprint density at radius 2 is 1.85 bits per heavy atom. The van der Waals surface area contributed by atoms with Crippen molar-refractivity contribution in [3.63, 3.8) is 0 Å². The number of carbonyl (C=O) groups excluding carboxylic acids is 1. The first-order chi connectivity index (χ1) is 12.7. The zero-order valence-corrected chi connectivity index (χ0v) is 17.1. The number of ketones is 1. The third kappa shape index (κ3) is 5.39. The first kappa shape index (κ1) is 21.1. The predicted octanol–water partition coefficient (Wildman–Crippen LogP) is 5.07. The summed E-state index contributed by atoms with van der Waals surface area (Å²) in [5.74, 6) is 1.17. The fraction of sp³-hybridized carbons (Fsp3) is 0.333. The Balaban J connectivity index is 0.00000261. The number of halogens is 2. The number of hydrogen-bond acceptors (Lipinski definition) is 4. The van der Waals surface area contributed by atoms with E-state index in [0.29, 0.717) is 11.3 Å². The maximum atomic E-state index is 13.2. The highest BCUT2D eigenvalue weighted by Crippen LogP contribution is 2.29. The number of benzene rings is 2. The van der Waals surface area contributed by atoms with Gasteiger partial charge in [-0.25, -0.2) is 4.39 Å².